The molecule has 0 aliphatic carbocycles. The Hall–Kier alpha value is -2.28. The molecule has 19 heavy (non-hydrogen) atoms. The van der Waals surface area contributed by atoms with Crippen LogP contribution in [0.5, 0.6) is 0 Å². The summed E-state index contributed by atoms with van der Waals surface area (Å²) in [5, 5.41) is 12.9. The van der Waals surface area contributed by atoms with Crippen LogP contribution in [-0.4, -0.2) is 40.0 Å². The fraction of sp³-hybridized carbons (Fsp3) is 0.333. The summed E-state index contributed by atoms with van der Waals surface area (Å²) in [7, 11) is 1.57. The molecule has 2 aromatic heterocycles. The second-order valence-corrected chi connectivity index (χ2v) is 3.99. The van der Waals surface area contributed by atoms with Crippen LogP contribution in [0.25, 0.3) is 0 Å². The molecule has 100 valence electrons. The smallest absolute Gasteiger partial charge is 0.274 e. The normalized spacial score (nSPS) is 12.1. The molecule has 0 unspecified atom stereocenters. The molecule has 0 saturated carbocycles. The van der Waals surface area contributed by atoms with Crippen molar-refractivity contribution in [3.63, 3.8) is 0 Å². The highest BCUT2D eigenvalue weighted by Crippen LogP contribution is 2.11. The highest BCUT2D eigenvalue weighted by Gasteiger charge is 2.19. The van der Waals surface area contributed by atoms with E-state index in [-0.39, 0.29) is 17.6 Å². The molecule has 1 atom stereocenters. The average Bonchev–Trinajstić information content (AvgIpc) is 2.85. The number of nitrogens with one attached hydrogen (secondary N) is 2. The van der Waals surface area contributed by atoms with Crippen LogP contribution in [0.15, 0.2) is 24.4 Å². The Labute approximate surface area is 110 Å². The number of aryl methyl sites for hydroxylation is 1. The molecule has 2 heterocycles. The molecule has 2 rings (SSSR count). The van der Waals surface area contributed by atoms with Gasteiger partial charge in [-0.15, -0.1) is 0 Å². The van der Waals surface area contributed by atoms with E-state index in [1.54, 1.807) is 20.2 Å². The number of nitrogens with zero attached hydrogens (tertiary/aromatic N) is 3. The lowest BCUT2D eigenvalue weighted by atomic mass is 10.2. The summed E-state index contributed by atoms with van der Waals surface area (Å²) in [5.74, 6) is -0.307. The maximum absolute atomic E-state index is 12.1. The molecule has 7 heteroatoms. The second-order valence-electron chi connectivity index (χ2n) is 3.99. The number of ether oxygens (including phenoxy) is 1. The number of amides is 1. The van der Waals surface area contributed by atoms with Gasteiger partial charge in [-0.05, 0) is 19.1 Å². The zero-order valence-corrected chi connectivity index (χ0v) is 10.8. The van der Waals surface area contributed by atoms with Gasteiger partial charge >= 0.3 is 0 Å². The van der Waals surface area contributed by atoms with Crippen molar-refractivity contribution in [2.24, 2.45) is 0 Å². The van der Waals surface area contributed by atoms with Gasteiger partial charge in [-0.3, -0.25) is 9.78 Å². The third kappa shape index (κ3) is 3.14. The van der Waals surface area contributed by atoms with Crippen molar-refractivity contribution in [1.29, 1.82) is 0 Å². The fourth-order valence-corrected chi connectivity index (χ4v) is 1.68. The molecule has 0 saturated heterocycles. The molecular formula is C12H15N5O2. The highest BCUT2D eigenvalue weighted by atomic mass is 16.5. The number of aromatic nitrogens is 4. The van der Waals surface area contributed by atoms with Crippen molar-refractivity contribution in [3.8, 4) is 0 Å². The number of hydrogen-bond donors (Lipinski definition) is 2. The van der Waals surface area contributed by atoms with Crippen molar-refractivity contribution < 1.29 is 9.53 Å². The third-order valence-corrected chi connectivity index (χ3v) is 2.62. The molecule has 1 amide bonds. The zero-order chi connectivity index (χ0) is 13.7. The van der Waals surface area contributed by atoms with Crippen LogP contribution in [0.2, 0.25) is 0 Å². The SMILES string of the molecule is COC[C@H](NC(=O)c1n[nH]nc1C)c1ccccn1. The van der Waals surface area contributed by atoms with Crippen LogP contribution >= 0.6 is 0 Å². The highest BCUT2D eigenvalue weighted by molar-refractivity contribution is 5.93. The van der Waals surface area contributed by atoms with Crippen molar-refractivity contribution >= 4 is 5.91 Å². The first-order chi connectivity index (χ1) is 9.22. The van der Waals surface area contributed by atoms with Crippen LogP contribution in [-0.2, 0) is 4.74 Å². The molecule has 2 N–H and O–H groups in total. The molecule has 0 spiro atoms. The zero-order valence-electron chi connectivity index (χ0n) is 10.8. The second kappa shape index (κ2) is 6.05. The van der Waals surface area contributed by atoms with Gasteiger partial charge in [0, 0.05) is 13.3 Å². The quantitative estimate of drug-likeness (QED) is 0.823. The van der Waals surface area contributed by atoms with E-state index in [4.69, 9.17) is 4.74 Å². The van der Waals surface area contributed by atoms with Crippen LogP contribution in [0.4, 0.5) is 0 Å². The number of methoxy groups -OCH3 is 1. The van der Waals surface area contributed by atoms with Gasteiger partial charge in [-0.2, -0.15) is 15.4 Å². The molecule has 0 radical (unpaired) electrons. The minimum absolute atomic E-state index is 0.275. The number of carbonyl (C=O) groups excluding carboxylic acids is 1. The van der Waals surface area contributed by atoms with Crippen molar-refractivity contribution in [2.45, 2.75) is 13.0 Å². The first kappa shape index (κ1) is 13.2. The van der Waals surface area contributed by atoms with Gasteiger partial charge in [0.25, 0.3) is 5.91 Å². The molecule has 0 fully saturated rings. The Balaban J connectivity index is 2.14. The van der Waals surface area contributed by atoms with E-state index in [0.717, 1.165) is 5.69 Å². The van der Waals surface area contributed by atoms with E-state index in [0.29, 0.717) is 12.3 Å². The van der Waals surface area contributed by atoms with Gasteiger partial charge in [0.2, 0.25) is 0 Å². The van der Waals surface area contributed by atoms with E-state index in [2.05, 4.69) is 25.7 Å². The standard InChI is InChI=1S/C12H15N5O2/c1-8-11(16-17-15-8)12(18)14-10(7-19-2)9-5-3-4-6-13-9/h3-6,10H,7H2,1-2H3,(H,14,18)(H,15,16,17)/t10-/m0/s1. The number of pyridine rings is 1. The fourth-order valence-electron chi connectivity index (χ4n) is 1.68. The van der Waals surface area contributed by atoms with E-state index in [9.17, 15) is 4.79 Å². The summed E-state index contributed by atoms with van der Waals surface area (Å²) in [6.45, 7) is 2.05. The summed E-state index contributed by atoms with van der Waals surface area (Å²) < 4.78 is 5.11. The number of H-pyrrole nitrogens is 1. The van der Waals surface area contributed by atoms with Gasteiger partial charge in [0.15, 0.2) is 5.69 Å². The first-order valence-electron chi connectivity index (χ1n) is 5.80. The van der Waals surface area contributed by atoms with Crippen molar-refractivity contribution in [2.75, 3.05) is 13.7 Å². The molecule has 0 aromatic carbocycles. The minimum atomic E-state index is -0.324. The van der Waals surface area contributed by atoms with Gasteiger partial charge in [0.05, 0.1) is 24.0 Å². The Morgan fingerprint density at radius 1 is 1.47 bits per heavy atom. The molecule has 0 aliphatic heterocycles. The van der Waals surface area contributed by atoms with Crippen LogP contribution in [0, 0.1) is 6.92 Å². The van der Waals surface area contributed by atoms with Gasteiger partial charge in [0.1, 0.15) is 0 Å². The lowest BCUT2D eigenvalue weighted by molar-refractivity contribution is 0.0888. The average molecular weight is 261 g/mol. The van der Waals surface area contributed by atoms with E-state index in [1.807, 2.05) is 18.2 Å². The van der Waals surface area contributed by atoms with Crippen molar-refractivity contribution in [3.05, 3.63) is 41.5 Å². The Bertz CT molecular complexity index is 540. The summed E-state index contributed by atoms with van der Waals surface area (Å²) >= 11 is 0. The molecule has 2 aromatic rings. The maximum atomic E-state index is 12.1. The molecular weight excluding hydrogens is 246 g/mol. The summed E-state index contributed by atoms with van der Waals surface area (Å²) in [6, 6.07) is 5.18. The Morgan fingerprint density at radius 2 is 2.32 bits per heavy atom. The van der Waals surface area contributed by atoms with Gasteiger partial charge in [-0.25, -0.2) is 0 Å². The monoisotopic (exact) mass is 261 g/mol. The topological polar surface area (TPSA) is 92.8 Å². The summed E-state index contributed by atoms with van der Waals surface area (Å²) in [6.07, 6.45) is 1.67. The lowest BCUT2D eigenvalue weighted by Gasteiger charge is -2.16. The van der Waals surface area contributed by atoms with Gasteiger partial charge < -0.3 is 10.1 Å². The summed E-state index contributed by atoms with van der Waals surface area (Å²) in [4.78, 5) is 16.3. The lowest BCUT2D eigenvalue weighted by Crippen LogP contribution is -2.32. The Morgan fingerprint density at radius 3 is 2.89 bits per heavy atom. The van der Waals surface area contributed by atoms with Crippen LogP contribution < -0.4 is 5.32 Å². The molecule has 0 bridgehead atoms. The maximum Gasteiger partial charge on any atom is 0.274 e. The van der Waals surface area contributed by atoms with E-state index in [1.165, 1.54) is 0 Å². The predicted octanol–water partition coefficient (Wildman–Crippen LogP) is 0.626. The minimum Gasteiger partial charge on any atom is -0.382 e. The third-order valence-electron chi connectivity index (χ3n) is 2.62. The molecule has 7 nitrogen and oxygen atoms in total. The number of hydrogen-bond acceptors (Lipinski definition) is 5. The largest absolute Gasteiger partial charge is 0.382 e. The van der Waals surface area contributed by atoms with E-state index >= 15 is 0 Å². The number of carbonyl (C=O) groups is 1. The predicted molar refractivity (Wildman–Crippen MR) is 67.4 cm³/mol. The van der Waals surface area contributed by atoms with Crippen LogP contribution in [0.1, 0.15) is 27.9 Å². The van der Waals surface area contributed by atoms with Gasteiger partial charge in [-0.1, -0.05) is 6.07 Å². The van der Waals surface area contributed by atoms with Crippen LogP contribution in [0.3, 0.4) is 0 Å². The Kier molecular flexibility index (Phi) is 4.19. The summed E-state index contributed by atoms with van der Waals surface area (Å²) in [5.41, 5.74) is 1.56. The molecule has 0 aliphatic rings. The van der Waals surface area contributed by atoms with Crippen molar-refractivity contribution in [1.82, 2.24) is 25.7 Å². The number of rotatable bonds is 5. The first-order valence-corrected chi connectivity index (χ1v) is 5.80. The van der Waals surface area contributed by atoms with E-state index < -0.39 is 0 Å². The number of aromatic amines is 1.